The molecular formula is C42H60O4Si. The topological polar surface area (TPSA) is 66.8 Å². The van der Waals surface area contributed by atoms with Crippen LogP contribution in [0.2, 0.25) is 5.04 Å². The van der Waals surface area contributed by atoms with Gasteiger partial charge in [-0.05, 0) is 89.9 Å². The van der Waals surface area contributed by atoms with Crippen LogP contribution < -0.4 is 10.4 Å². The van der Waals surface area contributed by atoms with E-state index in [0.29, 0.717) is 24.7 Å². The van der Waals surface area contributed by atoms with Crippen molar-refractivity contribution in [3.05, 3.63) is 72.3 Å². The first-order valence-corrected chi connectivity index (χ1v) is 20.6. The number of allylic oxidation sites excluding steroid dienone is 1. The van der Waals surface area contributed by atoms with Gasteiger partial charge in [-0.1, -0.05) is 127 Å². The van der Waals surface area contributed by atoms with Gasteiger partial charge >= 0.3 is 0 Å². The Morgan fingerprint density at radius 3 is 2.17 bits per heavy atom. The third kappa shape index (κ3) is 5.37. The zero-order valence-electron chi connectivity index (χ0n) is 30.1. The van der Waals surface area contributed by atoms with E-state index in [2.05, 4.69) is 108 Å². The summed E-state index contributed by atoms with van der Waals surface area (Å²) in [6.45, 7) is 15.8. The number of hydrogen-bond donors (Lipinski definition) is 2. The molecule has 2 aromatic rings. The van der Waals surface area contributed by atoms with Gasteiger partial charge in [-0.15, -0.1) is 0 Å². The van der Waals surface area contributed by atoms with Crippen molar-refractivity contribution in [1.29, 1.82) is 0 Å². The average molecular weight is 657 g/mol. The fraction of sp³-hybridized carbons (Fsp3) is 0.643. The largest absolute Gasteiger partial charge is 0.404 e. The molecule has 2 aromatic carbocycles. The molecule has 0 bridgehead atoms. The normalized spacial score (nSPS) is 36.1. The number of aliphatic hydroxyl groups is 2. The predicted molar refractivity (Wildman–Crippen MR) is 194 cm³/mol. The van der Waals surface area contributed by atoms with Crippen molar-refractivity contribution in [2.45, 2.75) is 136 Å². The molecule has 0 unspecified atom stereocenters. The van der Waals surface area contributed by atoms with E-state index in [1.54, 1.807) is 5.57 Å². The lowest BCUT2D eigenvalue weighted by Gasteiger charge is -2.60. The monoisotopic (exact) mass is 656 g/mol. The molecule has 2 N–H and O–H groups in total. The van der Waals surface area contributed by atoms with Crippen LogP contribution in [0.15, 0.2) is 72.3 Å². The van der Waals surface area contributed by atoms with Crippen molar-refractivity contribution in [2.24, 2.45) is 34.5 Å². The molecule has 4 aliphatic rings. The van der Waals surface area contributed by atoms with Crippen molar-refractivity contribution in [3.63, 3.8) is 0 Å². The van der Waals surface area contributed by atoms with E-state index >= 15 is 0 Å². The Morgan fingerprint density at radius 1 is 0.979 bits per heavy atom. The second-order valence-electron chi connectivity index (χ2n) is 17.2. The molecule has 47 heavy (non-hydrogen) atoms. The molecule has 0 saturated heterocycles. The van der Waals surface area contributed by atoms with Crippen molar-refractivity contribution in [2.75, 3.05) is 0 Å². The first-order valence-electron chi connectivity index (χ1n) is 18.7. The number of carbonyl (C=O) groups excluding carboxylic acids is 1. The Labute approximate surface area is 285 Å². The molecule has 0 spiro atoms. The summed E-state index contributed by atoms with van der Waals surface area (Å²) in [6.07, 6.45) is 10.7. The van der Waals surface area contributed by atoms with Gasteiger partial charge in [-0.3, -0.25) is 4.79 Å². The van der Waals surface area contributed by atoms with E-state index in [1.165, 1.54) is 10.4 Å². The summed E-state index contributed by atoms with van der Waals surface area (Å²) in [6, 6.07) is 22.0. The van der Waals surface area contributed by atoms with Crippen molar-refractivity contribution >= 4 is 24.5 Å². The number of rotatable bonds is 9. The fourth-order valence-electron chi connectivity index (χ4n) is 11.3. The number of aliphatic hydroxyl groups excluding tert-OH is 1. The molecule has 5 heteroatoms. The Balaban J connectivity index is 1.28. The third-order valence-electron chi connectivity index (χ3n) is 14.0. The molecule has 4 nitrogen and oxygen atoms in total. The highest BCUT2D eigenvalue weighted by atomic mass is 28.4. The lowest BCUT2D eigenvalue weighted by atomic mass is 9.46. The number of hydrogen-bond acceptors (Lipinski definition) is 4. The second kappa shape index (κ2) is 12.7. The number of fused-ring (bicyclic) bond motifs is 5. The molecule has 6 rings (SSSR count). The number of carbonyl (C=O) groups is 1. The van der Waals surface area contributed by atoms with Gasteiger partial charge in [-0.25, -0.2) is 0 Å². The van der Waals surface area contributed by atoms with Gasteiger partial charge in [0.25, 0.3) is 8.32 Å². The van der Waals surface area contributed by atoms with Gasteiger partial charge in [-0.2, -0.15) is 0 Å². The minimum atomic E-state index is -2.64. The van der Waals surface area contributed by atoms with Crippen LogP contribution in [-0.4, -0.2) is 42.1 Å². The van der Waals surface area contributed by atoms with Gasteiger partial charge in [0.15, 0.2) is 0 Å². The maximum absolute atomic E-state index is 13.3. The van der Waals surface area contributed by atoms with Crippen molar-refractivity contribution < 1.29 is 19.4 Å². The number of benzene rings is 2. The molecule has 3 saturated carbocycles. The zero-order valence-corrected chi connectivity index (χ0v) is 31.1. The summed E-state index contributed by atoms with van der Waals surface area (Å²) in [4.78, 5) is 13.3. The Bertz CT molecular complexity index is 1410. The lowest BCUT2D eigenvalue weighted by Crippen LogP contribution is -2.68. The van der Waals surface area contributed by atoms with E-state index < -0.39 is 31.4 Å². The summed E-state index contributed by atoms with van der Waals surface area (Å²) in [5.41, 5.74) is -0.155. The maximum Gasteiger partial charge on any atom is 0.261 e. The Hall–Kier alpha value is -2.05. The van der Waals surface area contributed by atoms with E-state index in [0.717, 1.165) is 51.4 Å². The summed E-state index contributed by atoms with van der Waals surface area (Å²) in [5.74, 6) is 0.709. The maximum atomic E-state index is 13.3. The number of ketones is 1. The predicted octanol–water partition coefficient (Wildman–Crippen LogP) is 7.99. The minimum absolute atomic E-state index is 0.0501. The van der Waals surface area contributed by atoms with Crippen LogP contribution in [0.5, 0.6) is 0 Å². The van der Waals surface area contributed by atoms with Gasteiger partial charge in [0.2, 0.25) is 0 Å². The highest BCUT2D eigenvalue weighted by Gasteiger charge is 2.69. The highest BCUT2D eigenvalue weighted by Crippen LogP contribution is 2.68. The van der Waals surface area contributed by atoms with Crippen LogP contribution >= 0.6 is 0 Å². The molecule has 0 amide bonds. The molecule has 0 aromatic heterocycles. The second-order valence-corrected chi connectivity index (χ2v) is 21.5. The molecule has 9 atom stereocenters. The minimum Gasteiger partial charge on any atom is -0.404 e. The van der Waals surface area contributed by atoms with E-state index in [1.807, 2.05) is 6.92 Å². The van der Waals surface area contributed by atoms with Gasteiger partial charge in [0.05, 0.1) is 6.10 Å². The van der Waals surface area contributed by atoms with E-state index in [4.69, 9.17) is 4.43 Å². The van der Waals surface area contributed by atoms with Crippen LogP contribution in [0.25, 0.3) is 0 Å². The Morgan fingerprint density at radius 2 is 1.60 bits per heavy atom. The van der Waals surface area contributed by atoms with Crippen LogP contribution in [0.4, 0.5) is 0 Å². The first kappa shape index (κ1) is 34.8. The van der Waals surface area contributed by atoms with Crippen LogP contribution in [-0.2, 0) is 9.22 Å². The summed E-state index contributed by atoms with van der Waals surface area (Å²) in [5, 5.41) is 26.5. The molecular weight excluding hydrogens is 597 g/mol. The molecule has 0 heterocycles. The SMILES string of the molecule is CCCCC(=O)[C@@H](C)[C@@]1(O)[C@H](O)C[C@H]2[C@@H]3CC=C4C[C@@H](O[Si](c5ccccc5)(c5ccccc5)C(C)(C)C)CC[C@]4(C)[C@H]3CC[C@@]21C. The van der Waals surface area contributed by atoms with Gasteiger partial charge < -0.3 is 14.6 Å². The van der Waals surface area contributed by atoms with Crippen LogP contribution in [0.3, 0.4) is 0 Å². The molecule has 256 valence electrons. The first-order chi connectivity index (χ1) is 22.2. The van der Waals surface area contributed by atoms with Gasteiger partial charge in [0, 0.05) is 23.9 Å². The van der Waals surface area contributed by atoms with Gasteiger partial charge in [0.1, 0.15) is 11.4 Å². The van der Waals surface area contributed by atoms with Crippen LogP contribution in [0, 0.1) is 34.5 Å². The molecule has 4 aliphatic carbocycles. The number of unbranched alkanes of at least 4 members (excludes halogenated alkanes) is 1. The summed E-state index contributed by atoms with van der Waals surface area (Å²) in [7, 11) is -2.64. The number of Topliss-reactive ketones (excluding diaryl/α,β-unsaturated/α-hetero) is 1. The standard InChI is InChI=1S/C42H60O4Si/c1-8-9-20-37(43)29(2)42(45)38(44)28-36-34-22-21-30-27-31(23-25-40(30,6)35(34)24-26-41(36,42)7)46-47(39(3,4)5,32-16-12-10-13-17-32)33-18-14-11-15-19-33/h10-19,21,29,31,34-36,38,44-45H,8-9,20,22-28H2,1-7H3/t29-,31+,34-,35+,36+,38-,40+,41+,42-/m1/s1. The van der Waals surface area contributed by atoms with Crippen molar-refractivity contribution in [1.82, 2.24) is 0 Å². The van der Waals surface area contributed by atoms with E-state index in [9.17, 15) is 15.0 Å². The average Bonchev–Trinajstić information content (AvgIpc) is 3.27. The van der Waals surface area contributed by atoms with Crippen LogP contribution in [0.1, 0.15) is 113 Å². The molecule has 3 fully saturated rings. The smallest absolute Gasteiger partial charge is 0.261 e. The molecule has 0 aliphatic heterocycles. The highest BCUT2D eigenvalue weighted by molar-refractivity contribution is 6.99. The summed E-state index contributed by atoms with van der Waals surface area (Å²) < 4.78 is 7.65. The summed E-state index contributed by atoms with van der Waals surface area (Å²) >= 11 is 0. The van der Waals surface area contributed by atoms with E-state index in [-0.39, 0.29) is 28.3 Å². The zero-order chi connectivity index (χ0) is 33.8. The lowest BCUT2D eigenvalue weighted by molar-refractivity contribution is -0.184. The third-order valence-corrected chi connectivity index (χ3v) is 19.1. The quantitative estimate of drug-likeness (QED) is 0.212. The molecule has 0 radical (unpaired) electrons. The van der Waals surface area contributed by atoms with Crippen molar-refractivity contribution in [3.8, 4) is 0 Å². The fourth-order valence-corrected chi connectivity index (χ4v) is 16.0. The Kier molecular flexibility index (Phi) is 9.39.